The Kier molecular flexibility index (Phi) is 8.75. The van der Waals surface area contributed by atoms with Crippen molar-refractivity contribution in [1.82, 2.24) is 15.5 Å². The highest BCUT2D eigenvalue weighted by molar-refractivity contribution is 14.0. The van der Waals surface area contributed by atoms with Gasteiger partial charge < -0.3 is 20.3 Å². The molecule has 1 aliphatic heterocycles. The van der Waals surface area contributed by atoms with Gasteiger partial charge >= 0.3 is 0 Å². The average Bonchev–Trinajstić information content (AvgIpc) is 3.60. The normalized spacial score (nSPS) is 21.7. The number of aliphatic imine (C=N–C) groups is 1. The third kappa shape index (κ3) is 6.47. The maximum atomic E-state index is 12.8. The Balaban J connectivity index is 0.00000306. The van der Waals surface area contributed by atoms with Crippen molar-refractivity contribution < 1.29 is 9.53 Å². The molecule has 1 heterocycles. The zero-order valence-corrected chi connectivity index (χ0v) is 22.0. The summed E-state index contributed by atoms with van der Waals surface area (Å²) in [7, 11) is 1.80. The Bertz CT molecular complexity index is 935. The predicted octanol–water partition coefficient (Wildman–Crippen LogP) is 3.95. The number of morpholine rings is 1. The van der Waals surface area contributed by atoms with Crippen LogP contribution in [0.1, 0.15) is 48.2 Å². The lowest BCUT2D eigenvalue weighted by Crippen LogP contribution is -2.48. The molecule has 6 nitrogen and oxygen atoms in total. The molecule has 2 aromatic rings. The summed E-state index contributed by atoms with van der Waals surface area (Å²) in [6.07, 6.45) is 2.55. The number of hydrogen-bond donors (Lipinski definition) is 2. The van der Waals surface area contributed by atoms with Crippen molar-refractivity contribution in [1.29, 1.82) is 0 Å². The smallest absolute Gasteiger partial charge is 0.254 e. The summed E-state index contributed by atoms with van der Waals surface area (Å²) in [6, 6.07) is 18.5. The van der Waals surface area contributed by atoms with Crippen molar-refractivity contribution in [3.63, 3.8) is 0 Å². The Morgan fingerprint density at radius 3 is 2.24 bits per heavy atom. The molecule has 2 fully saturated rings. The molecule has 0 aromatic heterocycles. The first kappa shape index (κ1) is 25.5. The summed E-state index contributed by atoms with van der Waals surface area (Å²) in [4.78, 5) is 19.1. The predicted molar refractivity (Wildman–Crippen MR) is 143 cm³/mol. The Labute approximate surface area is 214 Å². The highest BCUT2D eigenvalue weighted by atomic mass is 127. The van der Waals surface area contributed by atoms with Gasteiger partial charge in [-0.25, -0.2) is 0 Å². The summed E-state index contributed by atoms with van der Waals surface area (Å²) in [5, 5.41) is 6.88. The minimum absolute atomic E-state index is 0. The van der Waals surface area contributed by atoms with Crippen LogP contribution in [0, 0.1) is 0 Å². The SMILES string of the molecule is CN=C(NCc1ccc(C(=O)N2CC(C)OC(C)C2)cc1)NCC1(c2ccccc2)CC1.I. The number of benzene rings is 2. The van der Waals surface area contributed by atoms with Gasteiger partial charge in [-0.15, -0.1) is 24.0 Å². The van der Waals surface area contributed by atoms with E-state index in [1.54, 1.807) is 7.05 Å². The van der Waals surface area contributed by atoms with E-state index >= 15 is 0 Å². The van der Waals surface area contributed by atoms with E-state index in [0.717, 1.165) is 23.6 Å². The van der Waals surface area contributed by atoms with E-state index < -0.39 is 0 Å². The van der Waals surface area contributed by atoms with Crippen LogP contribution in [0.15, 0.2) is 59.6 Å². The molecule has 33 heavy (non-hydrogen) atoms. The number of nitrogens with zero attached hydrogens (tertiary/aromatic N) is 2. The van der Waals surface area contributed by atoms with Crippen molar-refractivity contribution in [2.45, 2.75) is 50.9 Å². The average molecular weight is 562 g/mol. The van der Waals surface area contributed by atoms with Gasteiger partial charge in [-0.3, -0.25) is 9.79 Å². The van der Waals surface area contributed by atoms with Gasteiger partial charge in [0.25, 0.3) is 5.91 Å². The first-order valence-corrected chi connectivity index (χ1v) is 11.5. The van der Waals surface area contributed by atoms with Gasteiger partial charge in [0.15, 0.2) is 5.96 Å². The van der Waals surface area contributed by atoms with Crippen molar-refractivity contribution in [2.24, 2.45) is 4.99 Å². The van der Waals surface area contributed by atoms with Gasteiger partial charge in [0.2, 0.25) is 0 Å². The summed E-state index contributed by atoms with van der Waals surface area (Å²) >= 11 is 0. The zero-order chi connectivity index (χ0) is 22.6. The standard InChI is InChI=1S/C26H34N4O2.HI/c1-19-16-30(17-20(2)32-19)24(31)22-11-9-21(10-12-22)15-28-25(27-3)29-18-26(13-14-26)23-7-5-4-6-8-23;/h4-12,19-20H,13-18H2,1-3H3,(H2,27,28,29);1H. The van der Waals surface area contributed by atoms with Crippen LogP contribution in [-0.2, 0) is 16.7 Å². The molecular formula is C26H35IN4O2. The fraction of sp³-hybridized carbons (Fsp3) is 0.462. The second kappa shape index (κ2) is 11.3. The molecule has 1 saturated heterocycles. The number of guanidine groups is 1. The lowest BCUT2D eigenvalue weighted by atomic mass is 9.96. The van der Waals surface area contributed by atoms with Crippen molar-refractivity contribution in [3.8, 4) is 0 Å². The maximum absolute atomic E-state index is 12.8. The number of carbonyl (C=O) groups excluding carboxylic acids is 1. The Morgan fingerprint density at radius 1 is 1.03 bits per heavy atom. The largest absolute Gasteiger partial charge is 0.372 e. The molecule has 4 rings (SSSR count). The first-order chi connectivity index (χ1) is 15.5. The molecule has 1 aliphatic carbocycles. The molecule has 1 saturated carbocycles. The van der Waals surface area contributed by atoms with Crippen LogP contribution in [0.2, 0.25) is 0 Å². The Hall–Kier alpha value is -2.13. The van der Waals surface area contributed by atoms with Gasteiger partial charge in [-0.05, 0) is 49.9 Å². The highest BCUT2D eigenvalue weighted by Crippen LogP contribution is 2.47. The van der Waals surface area contributed by atoms with E-state index in [0.29, 0.717) is 19.6 Å². The van der Waals surface area contributed by atoms with Crippen LogP contribution in [0.4, 0.5) is 0 Å². The molecule has 2 atom stereocenters. The minimum atomic E-state index is 0. The molecule has 178 valence electrons. The van der Waals surface area contributed by atoms with E-state index in [-0.39, 0.29) is 47.5 Å². The zero-order valence-electron chi connectivity index (χ0n) is 19.7. The molecule has 2 aliphatic rings. The van der Waals surface area contributed by atoms with Crippen LogP contribution < -0.4 is 10.6 Å². The third-order valence-electron chi connectivity index (χ3n) is 6.43. The van der Waals surface area contributed by atoms with Crippen LogP contribution in [0.25, 0.3) is 0 Å². The maximum Gasteiger partial charge on any atom is 0.254 e. The molecule has 2 unspecified atom stereocenters. The van der Waals surface area contributed by atoms with Crippen molar-refractivity contribution in [3.05, 3.63) is 71.3 Å². The van der Waals surface area contributed by atoms with E-state index in [9.17, 15) is 4.79 Å². The first-order valence-electron chi connectivity index (χ1n) is 11.5. The third-order valence-corrected chi connectivity index (χ3v) is 6.43. The number of hydrogen-bond acceptors (Lipinski definition) is 3. The highest BCUT2D eigenvalue weighted by Gasteiger charge is 2.44. The summed E-state index contributed by atoms with van der Waals surface area (Å²) in [6.45, 7) is 6.82. The minimum Gasteiger partial charge on any atom is -0.372 e. The molecule has 0 spiro atoms. The van der Waals surface area contributed by atoms with E-state index in [2.05, 4.69) is 46.0 Å². The molecule has 0 bridgehead atoms. The van der Waals surface area contributed by atoms with E-state index in [1.165, 1.54) is 18.4 Å². The van der Waals surface area contributed by atoms with Crippen molar-refractivity contribution in [2.75, 3.05) is 26.7 Å². The summed E-state index contributed by atoms with van der Waals surface area (Å²) < 4.78 is 5.74. The molecule has 1 amide bonds. The lowest BCUT2D eigenvalue weighted by molar-refractivity contribution is -0.0586. The van der Waals surface area contributed by atoms with Gasteiger partial charge in [-0.2, -0.15) is 0 Å². The molecule has 2 N–H and O–H groups in total. The van der Waals surface area contributed by atoms with E-state index in [1.807, 2.05) is 43.0 Å². The van der Waals surface area contributed by atoms with Gasteiger partial charge in [0.05, 0.1) is 12.2 Å². The summed E-state index contributed by atoms with van der Waals surface area (Å²) in [5.41, 5.74) is 3.45. The van der Waals surface area contributed by atoms with Gasteiger partial charge in [0, 0.05) is 44.2 Å². The number of halogens is 1. The van der Waals surface area contributed by atoms with Crippen molar-refractivity contribution >= 4 is 35.8 Å². The van der Waals surface area contributed by atoms with Crippen LogP contribution in [-0.4, -0.2) is 55.7 Å². The van der Waals surface area contributed by atoms with Crippen LogP contribution >= 0.6 is 24.0 Å². The van der Waals surface area contributed by atoms with E-state index in [4.69, 9.17) is 4.74 Å². The lowest BCUT2D eigenvalue weighted by Gasteiger charge is -2.35. The molecular weight excluding hydrogens is 527 g/mol. The second-order valence-electron chi connectivity index (χ2n) is 9.09. The van der Waals surface area contributed by atoms with Crippen LogP contribution in [0.3, 0.4) is 0 Å². The number of rotatable bonds is 6. The fourth-order valence-corrected chi connectivity index (χ4v) is 4.46. The fourth-order valence-electron chi connectivity index (χ4n) is 4.46. The number of carbonyl (C=O) groups is 1. The number of ether oxygens (including phenoxy) is 1. The topological polar surface area (TPSA) is 66.0 Å². The number of nitrogens with one attached hydrogen (secondary N) is 2. The quantitative estimate of drug-likeness (QED) is 0.318. The Morgan fingerprint density at radius 2 is 1.67 bits per heavy atom. The molecule has 7 heteroatoms. The van der Waals surface area contributed by atoms with Gasteiger partial charge in [-0.1, -0.05) is 42.5 Å². The molecule has 2 aromatic carbocycles. The summed E-state index contributed by atoms with van der Waals surface area (Å²) in [5.74, 6) is 0.864. The number of amides is 1. The monoisotopic (exact) mass is 562 g/mol. The van der Waals surface area contributed by atoms with Crippen LogP contribution in [0.5, 0.6) is 0 Å². The second-order valence-corrected chi connectivity index (χ2v) is 9.09. The van der Waals surface area contributed by atoms with Gasteiger partial charge in [0.1, 0.15) is 0 Å². The molecule has 0 radical (unpaired) electrons.